The number of nitrogens with one attached hydrogen (secondary N) is 1. The van der Waals surface area contributed by atoms with Crippen molar-refractivity contribution in [2.75, 3.05) is 18.4 Å². The van der Waals surface area contributed by atoms with Crippen LogP contribution in [0.2, 0.25) is 0 Å². The maximum Gasteiger partial charge on any atom is 0.435 e. The number of halogens is 1. The first kappa shape index (κ1) is 18.2. The van der Waals surface area contributed by atoms with Gasteiger partial charge in [0.25, 0.3) is 5.91 Å². The van der Waals surface area contributed by atoms with E-state index in [1.54, 1.807) is 0 Å². The summed E-state index contributed by atoms with van der Waals surface area (Å²) in [5.41, 5.74) is 5.83. The molecule has 140 valence electrons. The molecule has 9 nitrogen and oxygen atoms in total. The highest BCUT2D eigenvalue weighted by molar-refractivity contribution is 5.98. The number of aromatic nitrogens is 2. The summed E-state index contributed by atoms with van der Waals surface area (Å²) in [5.74, 6) is -1.16. The SMILES string of the molecule is N#CC1CCN(C(=O)On2cc(C(N)=O)c(Nc3ccc(F)cc3)n2)CC1. The fourth-order valence-corrected chi connectivity index (χ4v) is 2.67. The number of likely N-dealkylation sites (tertiary alicyclic amines) is 1. The largest absolute Gasteiger partial charge is 0.435 e. The van der Waals surface area contributed by atoms with Crippen molar-refractivity contribution in [1.29, 1.82) is 5.26 Å². The summed E-state index contributed by atoms with van der Waals surface area (Å²) in [6.07, 6.45) is 1.70. The Labute approximate surface area is 154 Å². The zero-order valence-electron chi connectivity index (χ0n) is 14.3. The van der Waals surface area contributed by atoms with Gasteiger partial charge in [-0.05, 0) is 37.1 Å². The summed E-state index contributed by atoms with van der Waals surface area (Å²) < 4.78 is 13.0. The van der Waals surface area contributed by atoms with E-state index in [4.69, 9.17) is 15.8 Å². The average Bonchev–Trinajstić information content (AvgIpc) is 3.06. The minimum absolute atomic E-state index is 0.00955. The molecule has 0 bridgehead atoms. The molecule has 2 aromatic rings. The van der Waals surface area contributed by atoms with Gasteiger partial charge in [0.15, 0.2) is 5.82 Å². The number of piperidine rings is 1. The van der Waals surface area contributed by atoms with E-state index >= 15 is 0 Å². The third kappa shape index (κ3) is 4.33. The van der Waals surface area contributed by atoms with Gasteiger partial charge in [-0.2, -0.15) is 5.26 Å². The predicted molar refractivity (Wildman–Crippen MR) is 92.3 cm³/mol. The monoisotopic (exact) mass is 372 g/mol. The number of nitriles is 1. The van der Waals surface area contributed by atoms with E-state index in [1.807, 2.05) is 0 Å². The van der Waals surface area contributed by atoms with Crippen LogP contribution in [-0.2, 0) is 0 Å². The predicted octanol–water partition coefficient (Wildman–Crippen LogP) is 1.65. The number of rotatable bonds is 4. The number of primary amides is 1. The second kappa shape index (κ2) is 7.74. The first-order valence-electron chi connectivity index (χ1n) is 8.25. The van der Waals surface area contributed by atoms with Crippen LogP contribution in [0.4, 0.5) is 20.7 Å². The molecule has 10 heteroatoms. The Bertz CT molecular complexity index is 881. The van der Waals surface area contributed by atoms with E-state index in [1.165, 1.54) is 35.4 Å². The van der Waals surface area contributed by atoms with Crippen LogP contribution in [0.3, 0.4) is 0 Å². The van der Waals surface area contributed by atoms with Gasteiger partial charge in [-0.15, -0.1) is 5.10 Å². The zero-order chi connectivity index (χ0) is 19.4. The fraction of sp³-hybridized carbons (Fsp3) is 0.294. The van der Waals surface area contributed by atoms with Gasteiger partial charge in [-0.25, -0.2) is 9.18 Å². The molecule has 1 aliphatic heterocycles. The van der Waals surface area contributed by atoms with E-state index in [9.17, 15) is 14.0 Å². The highest BCUT2D eigenvalue weighted by Crippen LogP contribution is 2.20. The third-order valence-corrected chi connectivity index (χ3v) is 4.17. The Morgan fingerprint density at radius 1 is 1.30 bits per heavy atom. The lowest BCUT2D eigenvalue weighted by Crippen LogP contribution is -2.42. The summed E-state index contributed by atoms with van der Waals surface area (Å²) in [6.45, 7) is 0.809. The highest BCUT2D eigenvalue weighted by atomic mass is 19.1. The van der Waals surface area contributed by atoms with Crippen LogP contribution >= 0.6 is 0 Å². The van der Waals surface area contributed by atoms with E-state index in [2.05, 4.69) is 16.5 Å². The minimum Gasteiger partial charge on any atom is -0.365 e. The molecule has 0 aliphatic carbocycles. The molecule has 0 unspecified atom stereocenters. The van der Waals surface area contributed by atoms with Crippen LogP contribution in [-0.4, -0.2) is 39.9 Å². The minimum atomic E-state index is -0.767. The van der Waals surface area contributed by atoms with Crippen molar-refractivity contribution < 1.29 is 18.8 Å². The van der Waals surface area contributed by atoms with Crippen molar-refractivity contribution in [3.05, 3.63) is 41.8 Å². The molecule has 27 heavy (non-hydrogen) atoms. The molecular weight excluding hydrogens is 355 g/mol. The second-order valence-corrected chi connectivity index (χ2v) is 6.04. The van der Waals surface area contributed by atoms with Crippen LogP contribution in [0.5, 0.6) is 0 Å². The number of anilines is 2. The number of amides is 2. The second-order valence-electron chi connectivity index (χ2n) is 6.04. The summed E-state index contributed by atoms with van der Waals surface area (Å²) in [4.78, 5) is 31.3. The molecule has 1 aliphatic rings. The molecule has 3 N–H and O–H groups in total. The normalized spacial score (nSPS) is 14.4. The number of hydrogen-bond donors (Lipinski definition) is 2. The summed E-state index contributed by atoms with van der Waals surface area (Å²) in [5, 5.41) is 15.7. The van der Waals surface area contributed by atoms with Gasteiger partial charge in [-0.3, -0.25) is 9.63 Å². The molecule has 2 amide bonds. The van der Waals surface area contributed by atoms with Crippen molar-refractivity contribution in [1.82, 2.24) is 14.8 Å². The van der Waals surface area contributed by atoms with Crippen molar-refractivity contribution >= 4 is 23.5 Å². The molecule has 3 rings (SSSR count). The number of carbonyl (C=O) groups excluding carboxylic acids is 2. The molecule has 1 aromatic heterocycles. The van der Waals surface area contributed by atoms with E-state index in [-0.39, 0.29) is 17.3 Å². The van der Waals surface area contributed by atoms with Crippen LogP contribution in [0, 0.1) is 23.1 Å². The van der Waals surface area contributed by atoms with Gasteiger partial charge in [-0.1, -0.05) is 4.85 Å². The Balaban J connectivity index is 1.71. The van der Waals surface area contributed by atoms with Gasteiger partial charge in [0.1, 0.15) is 11.4 Å². The number of benzene rings is 1. The molecule has 1 fully saturated rings. The van der Waals surface area contributed by atoms with Crippen molar-refractivity contribution in [2.45, 2.75) is 12.8 Å². The molecule has 0 radical (unpaired) electrons. The fourth-order valence-electron chi connectivity index (χ4n) is 2.67. The van der Waals surface area contributed by atoms with Crippen LogP contribution in [0.1, 0.15) is 23.2 Å². The topological polar surface area (TPSA) is 126 Å². The van der Waals surface area contributed by atoms with Crippen molar-refractivity contribution in [3.8, 4) is 6.07 Å². The van der Waals surface area contributed by atoms with Crippen molar-refractivity contribution in [2.24, 2.45) is 11.7 Å². The number of nitrogens with zero attached hydrogens (tertiary/aromatic N) is 4. The smallest absolute Gasteiger partial charge is 0.365 e. The van der Waals surface area contributed by atoms with Crippen LogP contribution in [0.25, 0.3) is 0 Å². The average molecular weight is 372 g/mol. The van der Waals surface area contributed by atoms with Crippen LogP contribution in [0.15, 0.2) is 30.5 Å². The lowest BCUT2D eigenvalue weighted by Gasteiger charge is -2.27. The first-order chi connectivity index (χ1) is 13.0. The standard InChI is InChI=1S/C17H17FN6O3/c18-12-1-3-13(4-2-12)21-16-14(15(20)25)10-24(22-16)27-17(26)23-7-5-11(9-19)6-8-23/h1-4,10-11H,5-8H2,(H2,20,25)(H,21,22). The molecule has 1 saturated heterocycles. The molecule has 0 spiro atoms. The number of hydrogen-bond acceptors (Lipinski definition) is 6. The first-order valence-corrected chi connectivity index (χ1v) is 8.25. The Kier molecular flexibility index (Phi) is 5.21. The quantitative estimate of drug-likeness (QED) is 0.840. The summed E-state index contributed by atoms with van der Waals surface area (Å²) in [7, 11) is 0. The zero-order valence-corrected chi connectivity index (χ0v) is 14.3. The summed E-state index contributed by atoms with van der Waals surface area (Å²) >= 11 is 0. The maximum atomic E-state index is 13.0. The van der Waals surface area contributed by atoms with Crippen LogP contribution < -0.4 is 15.9 Å². The number of nitrogens with two attached hydrogens (primary N) is 1. The lowest BCUT2D eigenvalue weighted by molar-refractivity contribution is 0.0701. The lowest BCUT2D eigenvalue weighted by atomic mass is 9.99. The van der Waals surface area contributed by atoms with Gasteiger partial charge in [0, 0.05) is 24.7 Å². The Morgan fingerprint density at radius 3 is 2.56 bits per heavy atom. The summed E-state index contributed by atoms with van der Waals surface area (Å²) in [6, 6.07) is 7.60. The van der Waals surface area contributed by atoms with Gasteiger partial charge < -0.3 is 16.0 Å². The Morgan fingerprint density at radius 2 is 1.96 bits per heavy atom. The Hall–Kier alpha value is -3.61. The van der Waals surface area contributed by atoms with Gasteiger partial charge >= 0.3 is 6.09 Å². The van der Waals surface area contributed by atoms with E-state index in [0.717, 1.165) is 4.85 Å². The molecule has 0 saturated carbocycles. The molecule has 1 aromatic carbocycles. The van der Waals surface area contributed by atoms with Gasteiger partial charge in [0.2, 0.25) is 0 Å². The third-order valence-electron chi connectivity index (χ3n) is 4.17. The number of carbonyl (C=O) groups is 2. The molecule has 2 heterocycles. The van der Waals surface area contributed by atoms with E-state index < -0.39 is 17.8 Å². The van der Waals surface area contributed by atoms with E-state index in [0.29, 0.717) is 31.6 Å². The van der Waals surface area contributed by atoms with Crippen molar-refractivity contribution in [3.63, 3.8) is 0 Å². The maximum absolute atomic E-state index is 13.0. The molecule has 0 atom stereocenters. The molecular formula is C17H17FN6O3. The highest BCUT2D eigenvalue weighted by Gasteiger charge is 2.25. The van der Waals surface area contributed by atoms with Gasteiger partial charge in [0.05, 0.1) is 12.3 Å².